The van der Waals surface area contributed by atoms with E-state index in [2.05, 4.69) is 201 Å². The van der Waals surface area contributed by atoms with Crippen molar-refractivity contribution in [2.24, 2.45) is 0 Å². The van der Waals surface area contributed by atoms with Crippen molar-refractivity contribution in [1.29, 1.82) is 0 Å². The van der Waals surface area contributed by atoms with Crippen LogP contribution in [0.3, 0.4) is 0 Å². The van der Waals surface area contributed by atoms with E-state index in [1.54, 1.807) is 43.0 Å². The first-order valence-corrected chi connectivity index (χ1v) is 27.1. The fourth-order valence-corrected chi connectivity index (χ4v) is 16.4. The van der Waals surface area contributed by atoms with E-state index < -0.39 is 0 Å². The number of benzene rings is 4. The van der Waals surface area contributed by atoms with Crippen molar-refractivity contribution in [2.45, 2.75) is 226 Å². The highest BCUT2D eigenvalue weighted by Crippen LogP contribution is 2.59. The summed E-state index contributed by atoms with van der Waals surface area (Å²) in [5.74, 6) is 0. The van der Waals surface area contributed by atoms with E-state index in [9.17, 15) is 0 Å². The van der Waals surface area contributed by atoms with E-state index in [1.165, 1.54) is 119 Å². The molecule has 67 heavy (non-hydrogen) atoms. The Morgan fingerprint density at radius 2 is 0.866 bits per heavy atom. The van der Waals surface area contributed by atoms with E-state index in [-0.39, 0.29) is 50.0 Å². The monoisotopic (exact) mass is 909 g/mol. The molecule has 4 aliphatic carbocycles. The van der Waals surface area contributed by atoms with Gasteiger partial charge in [0.15, 0.2) is 0 Å². The number of anilines is 6. The molecule has 0 fully saturated rings. The lowest BCUT2D eigenvalue weighted by Gasteiger charge is -2.49. The first kappa shape index (κ1) is 45.7. The Morgan fingerprint density at radius 1 is 0.418 bits per heavy atom. The molecule has 0 spiro atoms. The smallest absolute Gasteiger partial charge is 0.264 e. The van der Waals surface area contributed by atoms with E-state index in [1.807, 2.05) is 0 Å². The normalized spacial score (nSPS) is 23.2. The predicted molar refractivity (Wildman–Crippen MR) is 294 cm³/mol. The summed E-state index contributed by atoms with van der Waals surface area (Å²) >= 11 is 2.18. The number of rotatable bonds is 2. The quantitative estimate of drug-likeness (QED) is 0.160. The third kappa shape index (κ3) is 6.31. The van der Waals surface area contributed by atoms with Gasteiger partial charge in [0, 0.05) is 38.1 Å². The van der Waals surface area contributed by atoms with Crippen molar-refractivity contribution in [3.8, 4) is 0 Å². The average Bonchev–Trinajstić information content (AvgIpc) is 3.65. The lowest BCUT2D eigenvalue weighted by Crippen LogP contribution is -2.61. The number of thiophene rings is 1. The molecule has 0 unspecified atom stereocenters. The van der Waals surface area contributed by atoms with Gasteiger partial charge < -0.3 is 9.80 Å². The van der Waals surface area contributed by atoms with E-state index in [0.717, 1.165) is 0 Å². The molecule has 0 bridgehead atoms. The van der Waals surface area contributed by atoms with Crippen LogP contribution in [-0.2, 0) is 43.3 Å². The number of fused-ring (bicyclic) bond motifs is 9. The third-order valence-electron chi connectivity index (χ3n) is 19.5. The molecule has 2 aliphatic heterocycles. The molecule has 0 N–H and O–H groups in total. The summed E-state index contributed by atoms with van der Waals surface area (Å²) in [7, 11) is 0. The zero-order valence-corrected chi connectivity index (χ0v) is 46.0. The molecule has 11 rings (SSSR count). The summed E-state index contributed by atoms with van der Waals surface area (Å²) < 4.78 is 1.56. The molecule has 0 saturated heterocycles. The Balaban J connectivity index is 1.30. The molecule has 0 saturated carbocycles. The second-order valence-corrected chi connectivity index (χ2v) is 29.2. The number of hydrogen-bond acceptors (Lipinski definition) is 3. The predicted octanol–water partition coefficient (Wildman–Crippen LogP) is 16.2. The maximum absolute atomic E-state index is 2.85. The standard InChI is InChI=1S/C63H81BN2S/c1-36-30-48-52-49(31-36)66(45-21-20-39-50(38(45)3)61(14,15)27-26-56(39,4)5)53-51-54(63(18,19)29-28-62(51,16)17)67-55(53)64(52)44-33-41-43(60(12,13)25-23-58(41,8)9)35-47(44)65(48)46-34-42-40(32-37(46)2)57(6,7)22-24-59(42,10)11/h20-21,30-35H,22-29H2,1-19H3. The molecule has 4 heteroatoms. The van der Waals surface area contributed by atoms with Crippen molar-refractivity contribution in [2.75, 3.05) is 9.80 Å². The van der Waals surface area contributed by atoms with E-state index in [0.29, 0.717) is 0 Å². The second kappa shape index (κ2) is 13.8. The molecule has 0 radical (unpaired) electrons. The second-order valence-electron chi connectivity index (χ2n) is 28.2. The minimum Gasteiger partial charge on any atom is -0.311 e. The summed E-state index contributed by atoms with van der Waals surface area (Å²) in [4.78, 5) is 7.25. The van der Waals surface area contributed by atoms with Crippen molar-refractivity contribution >= 4 is 67.9 Å². The molecule has 2 nitrogen and oxygen atoms in total. The summed E-state index contributed by atoms with van der Waals surface area (Å²) in [5, 5.41) is 0. The van der Waals surface area contributed by atoms with Crippen LogP contribution in [0.2, 0.25) is 0 Å². The van der Waals surface area contributed by atoms with Gasteiger partial charge >= 0.3 is 0 Å². The van der Waals surface area contributed by atoms with Gasteiger partial charge in [-0.25, -0.2) is 0 Å². The Morgan fingerprint density at radius 3 is 1.43 bits per heavy atom. The molecule has 4 aromatic carbocycles. The topological polar surface area (TPSA) is 6.48 Å². The molecule has 3 heterocycles. The van der Waals surface area contributed by atoms with Gasteiger partial charge in [-0.3, -0.25) is 0 Å². The van der Waals surface area contributed by atoms with Gasteiger partial charge in [-0.15, -0.1) is 0 Å². The van der Waals surface area contributed by atoms with E-state index in [4.69, 9.17) is 0 Å². The summed E-state index contributed by atoms with van der Waals surface area (Å²) in [6, 6.07) is 21.0. The highest BCUT2D eigenvalue weighted by molar-refractivity contribution is 7.29. The SMILES string of the molecule is Cc1cc2c3c(c1)N(c1ccc4c(c1C)C(C)(C)CCC4(C)C)c1c(sc4c1C(C)(C)CCC4(C)C)B3c1cc3c(cc1N2c1cc2c(cc1C)C(C)(C)CCC2(C)C)C(C)(C)CCC3(C)C. The van der Waals surface area contributed by atoms with Crippen LogP contribution in [0.4, 0.5) is 34.1 Å². The molecular weight excluding hydrogens is 828 g/mol. The van der Waals surface area contributed by atoms with Crippen molar-refractivity contribution < 1.29 is 0 Å². The summed E-state index contributed by atoms with van der Waals surface area (Å²) in [6.07, 6.45) is 9.65. The Hall–Kier alpha value is -3.76. The van der Waals surface area contributed by atoms with Crippen molar-refractivity contribution in [3.63, 3.8) is 0 Å². The van der Waals surface area contributed by atoms with Gasteiger partial charge in [0.05, 0.1) is 5.69 Å². The van der Waals surface area contributed by atoms with Gasteiger partial charge in [0.2, 0.25) is 0 Å². The average molecular weight is 909 g/mol. The zero-order chi connectivity index (χ0) is 48.3. The molecule has 1 aromatic heterocycles. The van der Waals surface area contributed by atoms with Crippen LogP contribution in [0.1, 0.15) is 223 Å². The minimum atomic E-state index is 0.0347. The van der Waals surface area contributed by atoms with Crippen molar-refractivity contribution in [3.05, 3.63) is 109 Å². The van der Waals surface area contributed by atoms with Gasteiger partial charge in [-0.1, -0.05) is 129 Å². The maximum atomic E-state index is 2.85. The fraction of sp³-hybridized carbons (Fsp3) is 0.556. The zero-order valence-electron chi connectivity index (χ0n) is 45.2. The Kier molecular flexibility index (Phi) is 9.38. The molecule has 5 aromatic rings. The number of hydrogen-bond donors (Lipinski definition) is 0. The first-order chi connectivity index (χ1) is 30.9. The van der Waals surface area contributed by atoms with Gasteiger partial charge in [0.1, 0.15) is 0 Å². The summed E-state index contributed by atoms with van der Waals surface area (Å²) in [6.45, 7) is 47.7. The molecular formula is C63H81BN2S. The van der Waals surface area contributed by atoms with Crippen LogP contribution < -0.4 is 25.5 Å². The number of nitrogens with zero attached hydrogens (tertiary/aromatic N) is 2. The van der Waals surface area contributed by atoms with Crippen LogP contribution in [-0.4, -0.2) is 6.71 Å². The maximum Gasteiger partial charge on any atom is 0.264 e. The highest BCUT2D eigenvalue weighted by atomic mass is 32.1. The van der Waals surface area contributed by atoms with Gasteiger partial charge in [-0.05, 0) is 212 Å². The highest BCUT2D eigenvalue weighted by Gasteiger charge is 2.53. The number of aryl methyl sites for hydroxylation is 2. The van der Waals surface area contributed by atoms with Crippen molar-refractivity contribution in [1.82, 2.24) is 0 Å². The van der Waals surface area contributed by atoms with Gasteiger partial charge in [0.25, 0.3) is 6.71 Å². The van der Waals surface area contributed by atoms with Crippen LogP contribution in [0.15, 0.2) is 48.5 Å². The fourth-order valence-electron chi connectivity index (χ4n) is 14.7. The Bertz CT molecular complexity index is 2980. The van der Waals surface area contributed by atoms with Crippen LogP contribution >= 0.6 is 11.3 Å². The van der Waals surface area contributed by atoms with E-state index >= 15 is 0 Å². The molecule has 6 aliphatic rings. The summed E-state index contributed by atoms with van der Waals surface area (Å²) in [5.41, 5.74) is 27.2. The van der Waals surface area contributed by atoms with Gasteiger partial charge in [-0.2, -0.15) is 11.3 Å². The van der Waals surface area contributed by atoms with Crippen LogP contribution in [0.25, 0.3) is 0 Å². The molecule has 0 atom stereocenters. The molecule has 0 amide bonds. The first-order valence-electron chi connectivity index (χ1n) is 26.3. The largest absolute Gasteiger partial charge is 0.311 e. The Labute approximate surface area is 410 Å². The van der Waals surface area contributed by atoms with Crippen LogP contribution in [0.5, 0.6) is 0 Å². The molecule has 352 valence electrons. The minimum absolute atomic E-state index is 0.0347. The van der Waals surface area contributed by atoms with Crippen LogP contribution in [0, 0.1) is 20.8 Å². The third-order valence-corrected chi connectivity index (χ3v) is 21.1. The lowest BCUT2D eigenvalue weighted by atomic mass is 9.35. The lowest BCUT2D eigenvalue weighted by molar-refractivity contribution is 0.330.